The molecule has 0 heterocycles. The van der Waals surface area contributed by atoms with E-state index in [1.807, 2.05) is 6.92 Å². The van der Waals surface area contributed by atoms with Gasteiger partial charge in [0.05, 0.1) is 4.90 Å². The van der Waals surface area contributed by atoms with Crippen LogP contribution in [0.1, 0.15) is 40.7 Å². The molecule has 0 bridgehead atoms. The first-order valence-corrected chi connectivity index (χ1v) is 8.17. The van der Waals surface area contributed by atoms with Crippen molar-refractivity contribution in [3.63, 3.8) is 0 Å². The van der Waals surface area contributed by atoms with Crippen molar-refractivity contribution in [1.82, 2.24) is 4.90 Å². The van der Waals surface area contributed by atoms with Crippen LogP contribution in [0.15, 0.2) is 17.0 Å². The van der Waals surface area contributed by atoms with Crippen LogP contribution in [-0.2, 0) is 10.0 Å². The predicted molar refractivity (Wildman–Crippen MR) is 77.0 cm³/mol. The standard InChI is InChI=1S/C14H20N2O3S/c1-9-7-12(20(15,18)19)8-13(10(9)2)14(17)16(3)11-5-4-6-11/h7-8,11H,4-6H2,1-3H3,(H2,15,18,19). The molecule has 0 saturated heterocycles. The fourth-order valence-electron chi connectivity index (χ4n) is 2.34. The lowest BCUT2D eigenvalue weighted by molar-refractivity contribution is 0.0651. The van der Waals surface area contributed by atoms with Gasteiger partial charge in [-0.05, 0) is 56.4 Å². The van der Waals surface area contributed by atoms with E-state index in [0.29, 0.717) is 5.56 Å². The number of amides is 1. The van der Waals surface area contributed by atoms with Crippen LogP contribution < -0.4 is 5.14 Å². The molecule has 0 spiro atoms. The van der Waals surface area contributed by atoms with E-state index < -0.39 is 10.0 Å². The van der Waals surface area contributed by atoms with Crippen LogP contribution in [0, 0.1) is 13.8 Å². The summed E-state index contributed by atoms with van der Waals surface area (Å²) in [4.78, 5) is 14.2. The summed E-state index contributed by atoms with van der Waals surface area (Å²) in [6.45, 7) is 3.61. The molecule has 0 unspecified atom stereocenters. The summed E-state index contributed by atoms with van der Waals surface area (Å²) >= 11 is 0. The van der Waals surface area contributed by atoms with E-state index in [9.17, 15) is 13.2 Å². The Morgan fingerprint density at radius 3 is 2.35 bits per heavy atom. The zero-order valence-corrected chi connectivity index (χ0v) is 12.8. The number of nitrogens with two attached hydrogens (primary N) is 1. The third-order valence-electron chi connectivity index (χ3n) is 4.14. The van der Waals surface area contributed by atoms with Gasteiger partial charge in [0.15, 0.2) is 0 Å². The molecule has 0 atom stereocenters. The van der Waals surface area contributed by atoms with Gasteiger partial charge in [-0.25, -0.2) is 13.6 Å². The monoisotopic (exact) mass is 296 g/mol. The molecule has 0 radical (unpaired) electrons. The number of hydrogen-bond donors (Lipinski definition) is 1. The Bertz CT molecular complexity index is 649. The lowest BCUT2D eigenvalue weighted by Crippen LogP contribution is -2.41. The Labute approximate surface area is 119 Å². The number of carbonyl (C=O) groups is 1. The van der Waals surface area contributed by atoms with Gasteiger partial charge in [0.2, 0.25) is 10.0 Å². The second kappa shape index (κ2) is 5.18. The van der Waals surface area contributed by atoms with Crippen molar-refractivity contribution in [2.24, 2.45) is 5.14 Å². The van der Waals surface area contributed by atoms with E-state index in [2.05, 4.69) is 0 Å². The molecule has 1 aliphatic carbocycles. The highest BCUT2D eigenvalue weighted by Crippen LogP contribution is 2.27. The van der Waals surface area contributed by atoms with E-state index in [1.54, 1.807) is 18.9 Å². The predicted octanol–water partition coefficient (Wildman–Crippen LogP) is 1.58. The van der Waals surface area contributed by atoms with Crippen LogP contribution in [-0.4, -0.2) is 32.3 Å². The molecular weight excluding hydrogens is 276 g/mol. The summed E-state index contributed by atoms with van der Waals surface area (Å²) in [5.74, 6) is -0.138. The van der Waals surface area contributed by atoms with Crippen molar-refractivity contribution < 1.29 is 13.2 Å². The van der Waals surface area contributed by atoms with Crippen LogP contribution in [0.4, 0.5) is 0 Å². The van der Waals surface area contributed by atoms with Gasteiger partial charge in [-0.2, -0.15) is 0 Å². The summed E-state index contributed by atoms with van der Waals surface area (Å²) in [7, 11) is -2.04. The summed E-state index contributed by atoms with van der Waals surface area (Å²) in [6, 6.07) is 3.15. The van der Waals surface area contributed by atoms with Crippen molar-refractivity contribution in [2.75, 3.05) is 7.05 Å². The second-order valence-corrected chi connectivity index (χ2v) is 7.02. The van der Waals surface area contributed by atoms with E-state index in [0.717, 1.165) is 30.4 Å². The van der Waals surface area contributed by atoms with Crippen molar-refractivity contribution in [2.45, 2.75) is 44.0 Å². The van der Waals surface area contributed by atoms with Gasteiger partial charge >= 0.3 is 0 Å². The van der Waals surface area contributed by atoms with Crippen molar-refractivity contribution in [1.29, 1.82) is 0 Å². The third-order valence-corrected chi connectivity index (χ3v) is 5.04. The summed E-state index contributed by atoms with van der Waals surface area (Å²) < 4.78 is 23.0. The number of rotatable bonds is 3. The lowest BCUT2D eigenvalue weighted by atomic mass is 9.91. The molecule has 2 rings (SSSR count). The van der Waals surface area contributed by atoms with Gasteiger partial charge in [-0.1, -0.05) is 0 Å². The first-order valence-electron chi connectivity index (χ1n) is 6.63. The molecule has 1 saturated carbocycles. The van der Waals surface area contributed by atoms with Crippen LogP contribution in [0.25, 0.3) is 0 Å². The van der Waals surface area contributed by atoms with Crippen LogP contribution in [0.3, 0.4) is 0 Å². The Balaban J connectivity index is 2.44. The fraction of sp³-hybridized carbons (Fsp3) is 0.500. The van der Waals surface area contributed by atoms with Crippen LogP contribution in [0.2, 0.25) is 0 Å². The molecular formula is C14H20N2O3S. The molecule has 1 aliphatic rings. The highest BCUT2D eigenvalue weighted by Gasteiger charge is 2.28. The van der Waals surface area contributed by atoms with Gasteiger partial charge < -0.3 is 4.90 Å². The minimum absolute atomic E-state index is 0.00837. The first-order chi connectivity index (χ1) is 9.21. The maximum Gasteiger partial charge on any atom is 0.254 e. The zero-order valence-electron chi connectivity index (χ0n) is 12.0. The van der Waals surface area contributed by atoms with Gasteiger partial charge in [0, 0.05) is 18.7 Å². The minimum atomic E-state index is -3.81. The molecule has 2 N–H and O–H groups in total. The Kier molecular flexibility index (Phi) is 3.88. The topological polar surface area (TPSA) is 80.5 Å². The summed E-state index contributed by atoms with van der Waals surface area (Å²) in [5, 5.41) is 5.17. The average molecular weight is 296 g/mol. The molecule has 1 aromatic rings. The highest BCUT2D eigenvalue weighted by molar-refractivity contribution is 7.89. The third kappa shape index (κ3) is 2.71. The maximum atomic E-state index is 12.5. The number of sulfonamides is 1. The summed E-state index contributed by atoms with van der Waals surface area (Å²) in [5.41, 5.74) is 1.97. The Hall–Kier alpha value is -1.40. The average Bonchev–Trinajstić information content (AvgIpc) is 2.27. The number of primary sulfonamides is 1. The maximum absolute atomic E-state index is 12.5. The van der Waals surface area contributed by atoms with Crippen molar-refractivity contribution >= 4 is 15.9 Å². The highest BCUT2D eigenvalue weighted by atomic mass is 32.2. The number of benzene rings is 1. The quantitative estimate of drug-likeness (QED) is 0.919. The normalized spacial score (nSPS) is 15.8. The smallest absolute Gasteiger partial charge is 0.254 e. The second-order valence-electron chi connectivity index (χ2n) is 5.46. The van der Waals surface area contributed by atoms with Gasteiger partial charge in [0.25, 0.3) is 5.91 Å². The van der Waals surface area contributed by atoms with Gasteiger partial charge in [0.1, 0.15) is 0 Å². The van der Waals surface area contributed by atoms with E-state index in [1.165, 1.54) is 12.1 Å². The number of nitrogens with zero attached hydrogens (tertiary/aromatic N) is 1. The molecule has 5 nitrogen and oxygen atoms in total. The van der Waals surface area contributed by atoms with Gasteiger partial charge in [-0.3, -0.25) is 4.79 Å². The minimum Gasteiger partial charge on any atom is -0.339 e. The molecule has 20 heavy (non-hydrogen) atoms. The molecule has 0 aliphatic heterocycles. The van der Waals surface area contributed by atoms with Crippen molar-refractivity contribution in [3.05, 3.63) is 28.8 Å². The molecule has 1 amide bonds. The lowest BCUT2D eigenvalue weighted by Gasteiger charge is -2.35. The zero-order chi connectivity index (χ0) is 15.1. The SMILES string of the molecule is Cc1cc(S(N)(=O)=O)cc(C(=O)N(C)C2CCC2)c1C. The van der Waals surface area contributed by atoms with E-state index in [-0.39, 0.29) is 16.8 Å². The molecule has 1 fully saturated rings. The van der Waals surface area contributed by atoms with Crippen LogP contribution in [0.5, 0.6) is 0 Å². The van der Waals surface area contributed by atoms with Crippen molar-refractivity contribution in [3.8, 4) is 0 Å². The fourth-order valence-corrected chi connectivity index (χ4v) is 2.97. The van der Waals surface area contributed by atoms with E-state index >= 15 is 0 Å². The van der Waals surface area contributed by atoms with E-state index in [4.69, 9.17) is 5.14 Å². The first kappa shape index (κ1) is 15.0. The van der Waals surface area contributed by atoms with Crippen LogP contribution >= 0.6 is 0 Å². The molecule has 0 aromatic heterocycles. The number of carbonyl (C=O) groups excluding carboxylic acids is 1. The number of aryl methyl sites for hydroxylation is 1. The summed E-state index contributed by atoms with van der Waals surface area (Å²) in [6.07, 6.45) is 3.15. The van der Waals surface area contributed by atoms with Gasteiger partial charge in [-0.15, -0.1) is 0 Å². The largest absolute Gasteiger partial charge is 0.339 e. The number of hydrogen-bond acceptors (Lipinski definition) is 3. The molecule has 6 heteroatoms. The molecule has 110 valence electrons. The molecule has 1 aromatic carbocycles. The Morgan fingerprint density at radius 2 is 1.90 bits per heavy atom. The Morgan fingerprint density at radius 1 is 1.30 bits per heavy atom.